The summed E-state index contributed by atoms with van der Waals surface area (Å²) in [6.07, 6.45) is 2.03. The Hall–Kier alpha value is -3.59. The van der Waals surface area contributed by atoms with Crippen molar-refractivity contribution in [2.24, 2.45) is 0 Å². The number of methoxy groups -OCH3 is 1. The number of carbonyl (C=O) groups excluding carboxylic acids is 1. The smallest absolute Gasteiger partial charge is 0.230 e. The largest absolute Gasteiger partial charge is 0.481 e. The minimum absolute atomic E-state index is 0.0656. The first kappa shape index (κ1) is 22.2. The van der Waals surface area contributed by atoms with E-state index < -0.39 is 0 Å². The lowest BCUT2D eigenvalue weighted by molar-refractivity contribution is -0.119. The van der Waals surface area contributed by atoms with E-state index in [1.807, 2.05) is 66.5 Å². The number of rotatable bonds is 6. The van der Waals surface area contributed by atoms with Crippen molar-refractivity contribution >= 4 is 23.3 Å². The summed E-state index contributed by atoms with van der Waals surface area (Å²) in [4.78, 5) is 14.7. The van der Waals surface area contributed by atoms with E-state index in [2.05, 4.69) is 10.2 Å². The van der Waals surface area contributed by atoms with Gasteiger partial charge >= 0.3 is 0 Å². The quantitative estimate of drug-likeness (QED) is 0.409. The number of hydrogen-bond donors (Lipinski definition) is 0. The Morgan fingerprint density at radius 2 is 1.91 bits per heavy atom. The molecule has 0 aliphatic carbocycles. The highest BCUT2D eigenvalue weighted by Gasteiger charge is 2.28. The van der Waals surface area contributed by atoms with Gasteiger partial charge in [-0.2, -0.15) is 15.3 Å². The second kappa shape index (κ2) is 8.64. The number of amides is 1. The van der Waals surface area contributed by atoms with Gasteiger partial charge < -0.3 is 4.74 Å². The number of hydrogen-bond acceptors (Lipinski definition) is 5. The number of aromatic nitrogens is 6. The predicted molar refractivity (Wildman–Crippen MR) is 130 cm³/mol. The number of nitrogens with zero attached hydrogens (tertiary/aromatic N) is 7. The zero-order valence-corrected chi connectivity index (χ0v) is 20.3. The highest BCUT2D eigenvalue weighted by atomic mass is 35.5. The van der Waals surface area contributed by atoms with E-state index in [9.17, 15) is 4.79 Å². The molecule has 0 spiro atoms. The van der Waals surface area contributed by atoms with E-state index in [1.165, 1.54) is 0 Å². The van der Waals surface area contributed by atoms with Crippen LogP contribution in [0.4, 0.5) is 5.82 Å². The lowest BCUT2D eigenvalue weighted by Crippen LogP contribution is -2.36. The zero-order chi connectivity index (χ0) is 24.0. The van der Waals surface area contributed by atoms with Crippen LogP contribution in [0.1, 0.15) is 37.6 Å². The Kier molecular flexibility index (Phi) is 5.65. The number of fused-ring (bicyclic) bond motifs is 1. The minimum Gasteiger partial charge on any atom is -0.481 e. The Balaban J connectivity index is 1.44. The highest BCUT2D eigenvalue weighted by Crippen LogP contribution is 2.34. The number of benzene rings is 1. The maximum Gasteiger partial charge on any atom is 0.230 e. The average molecular weight is 480 g/mol. The molecule has 1 aromatic carbocycles. The van der Waals surface area contributed by atoms with Crippen LogP contribution in [-0.4, -0.2) is 42.4 Å². The van der Waals surface area contributed by atoms with E-state index in [0.29, 0.717) is 36.1 Å². The van der Waals surface area contributed by atoms with Crippen LogP contribution in [0.15, 0.2) is 42.6 Å². The van der Waals surface area contributed by atoms with Crippen molar-refractivity contribution in [2.45, 2.75) is 46.3 Å². The minimum atomic E-state index is 0.0656. The lowest BCUT2D eigenvalue weighted by atomic mass is 10.1. The molecule has 1 aliphatic heterocycles. The fourth-order valence-corrected chi connectivity index (χ4v) is 4.47. The summed E-state index contributed by atoms with van der Waals surface area (Å²) >= 11 is 6.44. The van der Waals surface area contributed by atoms with Gasteiger partial charge in [0, 0.05) is 24.6 Å². The summed E-state index contributed by atoms with van der Waals surface area (Å²) in [6, 6.07) is 11.9. The van der Waals surface area contributed by atoms with Crippen LogP contribution in [-0.2, 0) is 17.9 Å². The van der Waals surface area contributed by atoms with Crippen molar-refractivity contribution in [3.63, 3.8) is 0 Å². The van der Waals surface area contributed by atoms with Gasteiger partial charge in [0.15, 0.2) is 0 Å². The monoisotopic (exact) mass is 479 g/mol. The van der Waals surface area contributed by atoms with Gasteiger partial charge in [0.25, 0.3) is 0 Å². The van der Waals surface area contributed by atoms with E-state index in [1.54, 1.807) is 22.9 Å². The van der Waals surface area contributed by atoms with Gasteiger partial charge in [0.2, 0.25) is 11.8 Å². The highest BCUT2D eigenvalue weighted by molar-refractivity contribution is 6.33. The third-order valence-corrected chi connectivity index (χ3v) is 6.16. The number of ether oxygens (including phenoxy) is 1. The Labute approximate surface area is 202 Å². The molecule has 5 rings (SSSR count). The van der Waals surface area contributed by atoms with E-state index in [-0.39, 0.29) is 11.9 Å². The maximum atomic E-state index is 12.9. The number of aryl methyl sites for hydroxylation is 2. The third kappa shape index (κ3) is 3.86. The molecule has 10 heteroatoms. The lowest BCUT2D eigenvalue weighted by Gasteiger charge is -2.27. The van der Waals surface area contributed by atoms with Crippen molar-refractivity contribution in [3.05, 3.63) is 58.9 Å². The number of halogens is 1. The molecule has 1 aliphatic rings. The Morgan fingerprint density at radius 3 is 2.62 bits per heavy atom. The summed E-state index contributed by atoms with van der Waals surface area (Å²) in [7, 11) is 1.63. The average Bonchev–Trinajstić information content (AvgIpc) is 3.52. The standard InChI is InChI=1S/C24H26ClN7O2/c1-15(2)31-24(19(25)13-26-31)20-12-21-29(22(33)9-10-30(21)28-20)14-17-5-7-18(8-6-17)32-23(34-4)11-16(3)27-32/h5-8,11-13,15H,9-10,14H2,1-4H3. The molecule has 0 radical (unpaired) electrons. The molecular weight excluding hydrogens is 454 g/mol. The van der Waals surface area contributed by atoms with Crippen molar-refractivity contribution in [2.75, 3.05) is 12.0 Å². The molecule has 176 valence electrons. The zero-order valence-electron chi connectivity index (χ0n) is 19.6. The fraction of sp³-hybridized carbons (Fsp3) is 0.333. The number of anilines is 1. The normalized spacial score (nSPS) is 13.6. The van der Waals surface area contributed by atoms with Crippen LogP contribution < -0.4 is 9.64 Å². The molecule has 3 aromatic heterocycles. The molecule has 0 N–H and O–H groups in total. The van der Waals surface area contributed by atoms with E-state index in [0.717, 1.165) is 28.5 Å². The first-order valence-corrected chi connectivity index (χ1v) is 11.5. The van der Waals surface area contributed by atoms with Gasteiger partial charge in [-0.05, 0) is 38.5 Å². The molecule has 0 unspecified atom stereocenters. The Bertz CT molecular complexity index is 1350. The van der Waals surface area contributed by atoms with Gasteiger partial charge in [0.1, 0.15) is 17.2 Å². The first-order chi connectivity index (χ1) is 16.4. The van der Waals surface area contributed by atoms with Gasteiger partial charge in [-0.1, -0.05) is 23.7 Å². The van der Waals surface area contributed by atoms with Gasteiger partial charge in [-0.25, -0.2) is 9.36 Å². The second-order valence-electron chi connectivity index (χ2n) is 8.63. The van der Waals surface area contributed by atoms with Gasteiger partial charge in [-0.15, -0.1) is 0 Å². The Morgan fingerprint density at radius 1 is 1.15 bits per heavy atom. The van der Waals surface area contributed by atoms with Crippen LogP contribution in [0.2, 0.25) is 5.02 Å². The molecule has 0 saturated heterocycles. The second-order valence-corrected chi connectivity index (χ2v) is 9.03. The van der Waals surface area contributed by atoms with E-state index in [4.69, 9.17) is 21.4 Å². The molecular formula is C24H26ClN7O2. The third-order valence-electron chi connectivity index (χ3n) is 5.89. The van der Waals surface area contributed by atoms with Gasteiger partial charge in [-0.3, -0.25) is 14.4 Å². The molecule has 4 heterocycles. The molecule has 0 fully saturated rings. The van der Waals surface area contributed by atoms with E-state index >= 15 is 0 Å². The maximum absolute atomic E-state index is 12.9. The predicted octanol–water partition coefficient (Wildman–Crippen LogP) is 4.42. The summed E-state index contributed by atoms with van der Waals surface area (Å²) in [5, 5.41) is 14.2. The summed E-state index contributed by atoms with van der Waals surface area (Å²) in [5.41, 5.74) is 4.24. The van der Waals surface area contributed by atoms with Crippen LogP contribution in [0.25, 0.3) is 17.1 Å². The molecule has 0 saturated carbocycles. The fourth-order valence-electron chi connectivity index (χ4n) is 4.24. The van der Waals surface area contributed by atoms with Crippen molar-refractivity contribution in [1.29, 1.82) is 0 Å². The van der Waals surface area contributed by atoms with Gasteiger partial charge in [0.05, 0.1) is 42.8 Å². The van der Waals surface area contributed by atoms with Crippen molar-refractivity contribution < 1.29 is 9.53 Å². The van der Waals surface area contributed by atoms with Crippen LogP contribution in [0, 0.1) is 6.92 Å². The van der Waals surface area contributed by atoms with Crippen LogP contribution >= 0.6 is 11.6 Å². The summed E-state index contributed by atoms with van der Waals surface area (Å²) < 4.78 is 10.9. The molecule has 9 nitrogen and oxygen atoms in total. The topological polar surface area (TPSA) is 83.0 Å². The molecule has 1 amide bonds. The summed E-state index contributed by atoms with van der Waals surface area (Å²) in [6.45, 7) is 6.99. The van der Waals surface area contributed by atoms with Crippen LogP contribution in [0.5, 0.6) is 5.88 Å². The molecule has 0 bridgehead atoms. The van der Waals surface area contributed by atoms with Crippen molar-refractivity contribution in [1.82, 2.24) is 29.3 Å². The molecule has 4 aromatic rings. The van der Waals surface area contributed by atoms with Crippen molar-refractivity contribution in [3.8, 4) is 23.0 Å². The molecule has 0 atom stereocenters. The SMILES string of the molecule is COc1cc(C)nn1-c1ccc(CN2C(=O)CCn3nc(-c4c(Cl)cnn4C(C)C)cc32)cc1. The number of carbonyl (C=O) groups is 1. The summed E-state index contributed by atoms with van der Waals surface area (Å²) in [5.74, 6) is 1.50. The molecule has 34 heavy (non-hydrogen) atoms. The first-order valence-electron chi connectivity index (χ1n) is 11.2. The van der Waals surface area contributed by atoms with Crippen LogP contribution in [0.3, 0.4) is 0 Å².